The van der Waals surface area contributed by atoms with E-state index in [1.54, 1.807) is 0 Å². The van der Waals surface area contributed by atoms with Crippen molar-refractivity contribution >= 4 is 33.9 Å². The van der Waals surface area contributed by atoms with Crippen LogP contribution in [-0.4, -0.2) is 0 Å². The average Bonchev–Trinajstić information content (AvgIpc) is 2.67. The Morgan fingerprint density at radius 1 is 0.963 bits per heavy atom. The zero-order valence-corrected chi connectivity index (χ0v) is 15.4. The lowest BCUT2D eigenvalue weighted by molar-refractivity contribution is 0.549. The first-order chi connectivity index (χ1) is 13.1. The topological polar surface area (TPSA) is 42.2 Å². The summed E-state index contributed by atoms with van der Waals surface area (Å²) in [5.74, 6) is -0.286. The molecule has 0 bridgehead atoms. The van der Waals surface area contributed by atoms with Crippen LogP contribution < -0.4 is 10.9 Å². The third kappa shape index (κ3) is 2.47. The molecule has 0 fully saturated rings. The summed E-state index contributed by atoms with van der Waals surface area (Å²) >= 11 is 6.55. The van der Waals surface area contributed by atoms with Gasteiger partial charge in [-0.15, -0.1) is 0 Å². The molecule has 1 atom stereocenters. The summed E-state index contributed by atoms with van der Waals surface area (Å²) < 4.78 is 5.66. The summed E-state index contributed by atoms with van der Waals surface area (Å²) in [6.07, 6.45) is 0. The quantitative estimate of drug-likeness (QED) is 0.367. The van der Waals surface area contributed by atoms with Gasteiger partial charge in [0, 0.05) is 22.0 Å². The molecule has 4 aromatic rings. The van der Waals surface area contributed by atoms with E-state index in [2.05, 4.69) is 23.5 Å². The van der Waals surface area contributed by atoms with E-state index < -0.39 is 0 Å². The molecule has 0 saturated carbocycles. The van der Waals surface area contributed by atoms with Crippen molar-refractivity contribution in [3.8, 4) is 0 Å². The van der Waals surface area contributed by atoms with Gasteiger partial charge in [0.25, 0.3) is 0 Å². The first kappa shape index (κ1) is 16.2. The summed E-state index contributed by atoms with van der Waals surface area (Å²) in [6.45, 7) is 2.04. The molecular weight excluding hydrogens is 358 g/mol. The smallest absolute Gasteiger partial charge is 0.342 e. The molecule has 0 saturated heterocycles. The zero-order chi connectivity index (χ0) is 18.5. The highest BCUT2D eigenvalue weighted by molar-refractivity contribution is 6.31. The molecule has 1 unspecified atom stereocenters. The lowest BCUT2D eigenvalue weighted by Gasteiger charge is -2.30. The van der Waals surface area contributed by atoms with Crippen LogP contribution in [0.15, 0.2) is 75.9 Å². The first-order valence-corrected chi connectivity index (χ1v) is 9.19. The minimum Gasteiger partial charge on any atom is -0.422 e. The molecule has 1 aliphatic rings. The van der Waals surface area contributed by atoms with E-state index in [4.69, 9.17) is 16.0 Å². The highest BCUT2D eigenvalue weighted by Crippen LogP contribution is 2.47. The number of para-hydroxylation sites is 1. The Morgan fingerprint density at radius 3 is 2.59 bits per heavy atom. The van der Waals surface area contributed by atoms with Crippen LogP contribution in [0.2, 0.25) is 5.02 Å². The molecule has 0 spiro atoms. The molecule has 3 nitrogen and oxygen atoms in total. The van der Waals surface area contributed by atoms with Crippen LogP contribution in [-0.2, 0) is 0 Å². The highest BCUT2D eigenvalue weighted by atomic mass is 35.5. The molecule has 4 heteroatoms. The number of anilines is 2. The number of aryl methyl sites for hydroxylation is 1. The standard InChI is InChI=1S/C23H16ClNO2/c1-13-10-11-18-16(12-13)20(14-6-2-4-8-17(14)24)21-22(25-18)15-7-3-5-9-19(15)27-23(21)26/h2-12,20,25H,1H3. The summed E-state index contributed by atoms with van der Waals surface area (Å²) in [6, 6.07) is 21.5. The minimum atomic E-state index is -0.340. The molecule has 1 aromatic heterocycles. The van der Waals surface area contributed by atoms with Crippen molar-refractivity contribution < 1.29 is 4.42 Å². The van der Waals surface area contributed by atoms with Crippen molar-refractivity contribution in [1.29, 1.82) is 0 Å². The van der Waals surface area contributed by atoms with Crippen LogP contribution in [0.5, 0.6) is 0 Å². The van der Waals surface area contributed by atoms with Gasteiger partial charge < -0.3 is 9.73 Å². The number of halogens is 1. The van der Waals surface area contributed by atoms with Crippen LogP contribution in [0.1, 0.15) is 28.2 Å². The second-order valence-electron chi connectivity index (χ2n) is 6.84. The molecular formula is C23H16ClNO2. The van der Waals surface area contributed by atoms with Gasteiger partial charge in [-0.05, 0) is 42.3 Å². The van der Waals surface area contributed by atoms with Gasteiger partial charge >= 0.3 is 5.63 Å². The largest absolute Gasteiger partial charge is 0.422 e. The van der Waals surface area contributed by atoms with E-state index in [1.165, 1.54) is 0 Å². The number of fused-ring (bicyclic) bond motifs is 4. The maximum atomic E-state index is 13.0. The van der Waals surface area contributed by atoms with E-state index in [0.29, 0.717) is 16.2 Å². The molecule has 2 heterocycles. The molecule has 27 heavy (non-hydrogen) atoms. The Labute approximate surface area is 161 Å². The highest BCUT2D eigenvalue weighted by Gasteiger charge is 2.33. The summed E-state index contributed by atoms with van der Waals surface area (Å²) in [7, 11) is 0. The molecule has 0 amide bonds. The molecule has 132 valence electrons. The number of benzene rings is 3. The fraction of sp³-hybridized carbons (Fsp3) is 0.0870. The summed E-state index contributed by atoms with van der Waals surface area (Å²) in [4.78, 5) is 13.0. The van der Waals surface area contributed by atoms with Gasteiger partial charge in [-0.3, -0.25) is 0 Å². The predicted octanol–water partition coefficient (Wildman–Crippen LogP) is 5.99. The van der Waals surface area contributed by atoms with Crippen molar-refractivity contribution in [3.63, 3.8) is 0 Å². The second-order valence-corrected chi connectivity index (χ2v) is 7.25. The molecule has 1 N–H and O–H groups in total. The second kappa shape index (κ2) is 6.00. The molecule has 0 radical (unpaired) electrons. The Morgan fingerprint density at radius 2 is 1.74 bits per heavy atom. The van der Waals surface area contributed by atoms with Gasteiger partial charge in [-0.2, -0.15) is 0 Å². The first-order valence-electron chi connectivity index (χ1n) is 8.81. The number of hydrogen-bond donors (Lipinski definition) is 1. The van der Waals surface area contributed by atoms with Gasteiger partial charge in [-0.25, -0.2) is 4.79 Å². The Kier molecular flexibility index (Phi) is 3.59. The van der Waals surface area contributed by atoms with Crippen molar-refractivity contribution in [2.45, 2.75) is 12.8 Å². The monoisotopic (exact) mass is 373 g/mol. The fourth-order valence-electron chi connectivity index (χ4n) is 3.92. The van der Waals surface area contributed by atoms with E-state index in [-0.39, 0.29) is 11.5 Å². The zero-order valence-electron chi connectivity index (χ0n) is 14.6. The van der Waals surface area contributed by atoms with Crippen molar-refractivity contribution in [2.75, 3.05) is 5.32 Å². The average molecular weight is 374 g/mol. The van der Waals surface area contributed by atoms with E-state index in [9.17, 15) is 4.79 Å². The SMILES string of the molecule is Cc1ccc2c(c1)C(c1ccccc1Cl)c1c(c3ccccc3oc1=O)N2. The van der Waals surface area contributed by atoms with Crippen LogP contribution >= 0.6 is 11.6 Å². The Hall–Kier alpha value is -3.04. The maximum absolute atomic E-state index is 13.0. The van der Waals surface area contributed by atoms with E-state index >= 15 is 0 Å². The predicted molar refractivity (Wildman–Crippen MR) is 109 cm³/mol. The van der Waals surface area contributed by atoms with Gasteiger partial charge in [0.15, 0.2) is 0 Å². The van der Waals surface area contributed by atoms with Crippen LogP contribution in [0.25, 0.3) is 11.0 Å². The van der Waals surface area contributed by atoms with Gasteiger partial charge in [0.05, 0.1) is 11.3 Å². The minimum absolute atomic E-state index is 0.286. The fourth-order valence-corrected chi connectivity index (χ4v) is 4.16. The lowest BCUT2D eigenvalue weighted by Crippen LogP contribution is -2.22. The van der Waals surface area contributed by atoms with Crippen molar-refractivity contribution in [2.24, 2.45) is 0 Å². The van der Waals surface area contributed by atoms with Gasteiger partial charge in [-0.1, -0.05) is 59.6 Å². The van der Waals surface area contributed by atoms with E-state index in [0.717, 1.165) is 33.5 Å². The third-order valence-corrected chi connectivity index (χ3v) is 5.48. The summed E-state index contributed by atoms with van der Waals surface area (Å²) in [5, 5.41) is 4.99. The van der Waals surface area contributed by atoms with Crippen LogP contribution in [0, 0.1) is 6.92 Å². The molecule has 0 aliphatic carbocycles. The lowest BCUT2D eigenvalue weighted by atomic mass is 9.80. The van der Waals surface area contributed by atoms with E-state index in [1.807, 2.05) is 55.5 Å². The molecule has 3 aromatic carbocycles. The number of nitrogens with one attached hydrogen (secondary N) is 1. The van der Waals surface area contributed by atoms with Crippen LogP contribution in [0.3, 0.4) is 0 Å². The number of rotatable bonds is 1. The van der Waals surface area contributed by atoms with Crippen molar-refractivity contribution in [1.82, 2.24) is 0 Å². The van der Waals surface area contributed by atoms with Crippen LogP contribution in [0.4, 0.5) is 11.4 Å². The number of hydrogen-bond acceptors (Lipinski definition) is 3. The third-order valence-electron chi connectivity index (χ3n) is 5.13. The molecule has 5 rings (SSSR count). The van der Waals surface area contributed by atoms with Crippen molar-refractivity contribution in [3.05, 3.63) is 104 Å². The Balaban J connectivity index is 1.91. The maximum Gasteiger partial charge on any atom is 0.342 e. The summed E-state index contributed by atoms with van der Waals surface area (Å²) in [5.41, 5.74) is 5.66. The Bertz CT molecular complexity index is 1260. The molecule has 1 aliphatic heterocycles. The normalized spacial score (nSPS) is 15.1. The van der Waals surface area contributed by atoms with Gasteiger partial charge in [0.1, 0.15) is 5.58 Å². The van der Waals surface area contributed by atoms with Gasteiger partial charge in [0.2, 0.25) is 0 Å².